The van der Waals surface area contributed by atoms with Gasteiger partial charge < -0.3 is 24.2 Å². The van der Waals surface area contributed by atoms with E-state index in [4.69, 9.17) is 14.0 Å². The Labute approximate surface area is 178 Å². The molecule has 0 bridgehead atoms. The quantitative estimate of drug-likeness (QED) is 0.319. The summed E-state index contributed by atoms with van der Waals surface area (Å²) in [5.41, 5.74) is 0.425. The minimum absolute atomic E-state index is 0.135. The van der Waals surface area contributed by atoms with Crippen molar-refractivity contribution in [1.29, 1.82) is 0 Å². The molecular formula is C19H33N5O5S. The third-order valence-corrected chi connectivity index (χ3v) is 6.94. The highest BCUT2D eigenvalue weighted by Gasteiger charge is 2.29. The molecule has 2 aliphatic rings. The van der Waals surface area contributed by atoms with Crippen LogP contribution in [-0.2, 0) is 25.2 Å². The summed E-state index contributed by atoms with van der Waals surface area (Å²) in [6.07, 6.45) is 4.69. The molecule has 1 aromatic rings. The Kier molecular flexibility index (Phi) is 8.91. The number of aromatic nitrogens is 1. The van der Waals surface area contributed by atoms with Crippen LogP contribution in [0.2, 0.25) is 0 Å². The topological polar surface area (TPSA) is 110 Å². The fourth-order valence-corrected chi connectivity index (χ4v) is 4.96. The molecule has 30 heavy (non-hydrogen) atoms. The molecule has 0 aliphatic carbocycles. The molecule has 1 N–H and O–H groups in total. The summed E-state index contributed by atoms with van der Waals surface area (Å²) in [6, 6.07) is 1.58. The zero-order valence-corrected chi connectivity index (χ0v) is 18.5. The normalized spacial score (nSPS) is 21.3. The first kappa shape index (κ1) is 23.0. The maximum Gasteiger partial charge on any atom is 0.220 e. The van der Waals surface area contributed by atoms with Gasteiger partial charge in [0, 0.05) is 58.5 Å². The van der Waals surface area contributed by atoms with E-state index >= 15 is 0 Å². The monoisotopic (exact) mass is 443 g/mol. The lowest BCUT2D eigenvalue weighted by Crippen LogP contribution is -2.53. The first-order valence-electron chi connectivity index (χ1n) is 10.7. The number of ether oxygens (including phenoxy) is 2. The number of hydrogen-bond donors (Lipinski definition) is 1. The van der Waals surface area contributed by atoms with Crippen LogP contribution in [0.15, 0.2) is 21.8 Å². The van der Waals surface area contributed by atoms with E-state index < -0.39 is 10.0 Å². The predicted octanol–water partition coefficient (Wildman–Crippen LogP) is 0.673. The molecule has 1 aromatic heterocycles. The first-order chi connectivity index (χ1) is 14.6. The molecule has 3 heterocycles. The van der Waals surface area contributed by atoms with Gasteiger partial charge in [-0.3, -0.25) is 4.99 Å². The molecule has 2 fully saturated rings. The highest BCUT2D eigenvalue weighted by molar-refractivity contribution is 7.88. The number of piperazine rings is 1. The van der Waals surface area contributed by atoms with Crippen LogP contribution in [0.4, 0.5) is 0 Å². The molecular weight excluding hydrogens is 410 g/mol. The summed E-state index contributed by atoms with van der Waals surface area (Å²) in [4.78, 5) is 6.79. The minimum Gasteiger partial charge on any atom is -0.379 e. The van der Waals surface area contributed by atoms with Crippen molar-refractivity contribution in [1.82, 2.24) is 19.7 Å². The largest absolute Gasteiger partial charge is 0.379 e. The molecule has 0 aromatic carbocycles. The standard InChI is InChI=1S/C19H33N5O5S/c1-2-20-19(21-7-4-12-27-15-18-5-3-13-28-18)23-8-10-24(11-9-23)30(25,26)16-17-6-14-29-22-17/h6,14,18H,2-5,7-13,15-16H2,1H3,(H,20,21). The van der Waals surface area contributed by atoms with E-state index in [2.05, 4.69) is 20.4 Å². The SMILES string of the molecule is CCNC(=NCCCOCC1CCCO1)N1CCN(S(=O)(=O)Cc2ccon2)CC1. The van der Waals surface area contributed by atoms with Crippen molar-refractivity contribution in [2.75, 3.05) is 59.1 Å². The Morgan fingerprint density at radius 2 is 2.20 bits per heavy atom. The molecule has 2 saturated heterocycles. The number of nitrogens with one attached hydrogen (secondary N) is 1. The van der Waals surface area contributed by atoms with Gasteiger partial charge in [-0.25, -0.2) is 8.42 Å². The molecule has 1 unspecified atom stereocenters. The van der Waals surface area contributed by atoms with E-state index in [9.17, 15) is 8.42 Å². The molecule has 10 nitrogen and oxygen atoms in total. The fourth-order valence-electron chi connectivity index (χ4n) is 3.54. The second-order valence-electron chi connectivity index (χ2n) is 7.43. The van der Waals surface area contributed by atoms with Gasteiger partial charge in [0.15, 0.2) is 5.96 Å². The van der Waals surface area contributed by atoms with Crippen molar-refractivity contribution in [3.63, 3.8) is 0 Å². The average molecular weight is 444 g/mol. The van der Waals surface area contributed by atoms with Crippen LogP contribution in [-0.4, -0.2) is 93.9 Å². The van der Waals surface area contributed by atoms with E-state index in [0.717, 1.165) is 38.4 Å². The number of hydrogen-bond acceptors (Lipinski definition) is 7. The molecule has 1 atom stereocenters. The van der Waals surface area contributed by atoms with Gasteiger partial charge in [0.25, 0.3) is 0 Å². The van der Waals surface area contributed by atoms with Gasteiger partial charge in [-0.1, -0.05) is 5.16 Å². The van der Waals surface area contributed by atoms with Crippen molar-refractivity contribution >= 4 is 16.0 Å². The second-order valence-corrected chi connectivity index (χ2v) is 9.40. The Morgan fingerprint density at radius 3 is 2.87 bits per heavy atom. The Hall–Kier alpha value is -1.69. The molecule has 0 saturated carbocycles. The van der Waals surface area contributed by atoms with Crippen molar-refractivity contribution in [3.05, 3.63) is 18.0 Å². The van der Waals surface area contributed by atoms with Crippen LogP contribution in [0.3, 0.4) is 0 Å². The summed E-state index contributed by atoms with van der Waals surface area (Å²) >= 11 is 0. The predicted molar refractivity (Wildman–Crippen MR) is 113 cm³/mol. The van der Waals surface area contributed by atoms with Crippen LogP contribution in [0.1, 0.15) is 31.9 Å². The number of guanidine groups is 1. The van der Waals surface area contributed by atoms with Gasteiger partial charge in [0.05, 0.1) is 18.4 Å². The van der Waals surface area contributed by atoms with Crippen LogP contribution in [0, 0.1) is 0 Å². The first-order valence-corrected chi connectivity index (χ1v) is 12.3. The van der Waals surface area contributed by atoms with Crippen LogP contribution in [0.25, 0.3) is 0 Å². The van der Waals surface area contributed by atoms with Gasteiger partial charge in [0.1, 0.15) is 12.0 Å². The van der Waals surface area contributed by atoms with Crippen molar-refractivity contribution in [3.8, 4) is 0 Å². The molecule has 11 heteroatoms. The molecule has 0 radical (unpaired) electrons. The summed E-state index contributed by atoms with van der Waals surface area (Å²) in [5, 5.41) is 7.01. The van der Waals surface area contributed by atoms with Gasteiger partial charge in [-0.05, 0) is 26.2 Å². The lowest BCUT2D eigenvalue weighted by molar-refractivity contribution is 0.0170. The highest BCUT2D eigenvalue weighted by Crippen LogP contribution is 2.13. The van der Waals surface area contributed by atoms with Crippen LogP contribution < -0.4 is 5.32 Å². The average Bonchev–Trinajstić information content (AvgIpc) is 3.44. The Morgan fingerprint density at radius 1 is 1.37 bits per heavy atom. The number of nitrogens with zero attached hydrogens (tertiary/aromatic N) is 4. The van der Waals surface area contributed by atoms with Gasteiger partial charge in [0.2, 0.25) is 10.0 Å². The van der Waals surface area contributed by atoms with Crippen molar-refractivity contribution < 1.29 is 22.4 Å². The molecule has 0 amide bonds. The summed E-state index contributed by atoms with van der Waals surface area (Å²) < 4.78 is 42.6. The molecule has 0 spiro atoms. The fraction of sp³-hybridized carbons (Fsp3) is 0.789. The third-order valence-electron chi connectivity index (χ3n) is 5.12. The molecule has 170 valence electrons. The molecule has 2 aliphatic heterocycles. The zero-order chi connectivity index (χ0) is 21.2. The maximum absolute atomic E-state index is 12.6. The summed E-state index contributed by atoms with van der Waals surface area (Å²) in [7, 11) is -3.40. The maximum atomic E-state index is 12.6. The van der Waals surface area contributed by atoms with E-state index in [1.165, 1.54) is 10.6 Å². The number of sulfonamides is 1. The van der Waals surface area contributed by atoms with Crippen LogP contribution >= 0.6 is 0 Å². The van der Waals surface area contributed by atoms with Crippen molar-refractivity contribution in [2.24, 2.45) is 4.99 Å². The lowest BCUT2D eigenvalue weighted by Gasteiger charge is -2.35. The number of aliphatic imine (C=N–C) groups is 1. The smallest absolute Gasteiger partial charge is 0.220 e. The van der Waals surface area contributed by atoms with Gasteiger partial charge in [-0.2, -0.15) is 4.31 Å². The third kappa shape index (κ3) is 6.93. The summed E-state index contributed by atoms with van der Waals surface area (Å²) in [5.74, 6) is 0.689. The highest BCUT2D eigenvalue weighted by atomic mass is 32.2. The Balaban J connectivity index is 1.41. The minimum atomic E-state index is -3.40. The van der Waals surface area contributed by atoms with E-state index in [1.54, 1.807) is 6.07 Å². The van der Waals surface area contributed by atoms with E-state index in [1.807, 2.05) is 6.92 Å². The number of rotatable bonds is 10. The van der Waals surface area contributed by atoms with E-state index in [0.29, 0.717) is 51.6 Å². The van der Waals surface area contributed by atoms with Gasteiger partial charge >= 0.3 is 0 Å². The van der Waals surface area contributed by atoms with Crippen molar-refractivity contribution in [2.45, 2.75) is 38.0 Å². The second kappa shape index (κ2) is 11.6. The molecule has 3 rings (SSSR count). The van der Waals surface area contributed by atoms with E-state index in [-0.39, 0.29) is 11.9 Å². The van der Waals surface area contributed by atoms with Crippen LogP contribution in [0.5, 0.6) is 0 Å². The van der Waals surface area contributed by atoms with Gasteiger partial charge in [-0.15, -0.1) is 0 Å². The Bertz CT molecular complexity index is 741. The lowest BCUT2D eigenvalue weighted by atomic mass is 10.2. The summed E-state index contributed by atoms with van der Waals surface area (Å²) in [6.45, 7) is 7.67. The zero-order valence-electron chi connectivity index (χ0n) is 17.7.